The van der Waals surface area contributed by atoms with Gasteiger partial charge in [0.25, 0.3) is 0 Å². The quantitative estimate of drug-likeness (QED) is 0.714. The largest absolute Gasteiger partial charge is 0.434 e. The molecule has 0 bridgehead atoms. The molecule has 4 rings (SSSR count). The minimum atomic E-state index is -4.48. The van der Waals surface area contributed by atoms with Crippen molar-refractivity contribution in [1.29, 1.82) is 0 Å². The van der Waals surface area contributed by atoms with Crippen molar-refractivity contribution in [1.82, 2.24) is 24.3 Å². The third kappa shape index (κ3) is 4.03. The average molecular weight is 406 g/mol. The summed E-state index contributed by atoms with van der Waals surface area (Å²) in [4.78, 5) is 20.5. The Balaban J connectivity index is 1.46. The molecule has 0 aliphatic carbocycles. The van der Waals surface area contributed by atoms with Gasteiger partial charge in [-0.3, -0.25) is 0 Å². The summed E-state index contributed by atoms with van der Waals surface area (Å²) in [6.07, 6.45) is 2.80. The van der Waals surface area contributed by atoms with E-state index >= 15 is 0 Å². The molecule has 0 aromatic carbocycles. The Labute approximate surface area is 165 Å². The molecule has 1 aliphatic rings. The lowest BCUT2D eigenvalue weighted by Gasteiger charge is -2.33. The van der Waals surface area contributed by atoms with Crippen molar-refractivity contribution in [3.8, 4) is 0 Å². The highest BCUT2D eigenvalue weighted by molar-refractivity contribution is 5.65. The topological polar surface area (TPSA) is 74.5 Å². The lowest BCUT2D eigenvalue weighted by molar-refractivity contribution is -0.140. The van der Waals surface area contributed by atoms with Crippen molar-refractivity contribution in [2.24, 2.45) is 0 Å². The summed E-state index contributed by atoms with van der Waals surface area (Å²) in [6, 6.07) is 2.03. The number of nitrogens with one attached hydrogen (secondary N) is 1. The zero-order valence-electron chi connectivity index (χ0n) is 16.1. The van der Waals surface area contributed by atoms with Crippen molar-refractivity contribution in [2.45, 2.75) is 25.1 Å². The number of rotatable bonds is 4. The number of piperidine rings is 1. The van der Waals surface area contributed by atoms with Crippen LogP contribution in [0.25, 0.3) is 5.65 Å². The van der Waals surface area contributed by atoms with Gasteiger partial charge in [0.2, 0.25) is 5.95 Å². The third-order valence-corrected chi connectivity index (χ3v) is 4.84. The second-order valence-electron chi connectivity index (χ2n) is 7.15. The Morgan fingerprint density at radius 2 is 1.86 bits per heavy atom. The molecular formula is C18H21F3N8. The summed E-state index contributed by atoms with van der Waals surface area (Å²) < 4.78 is 40.4. The molecule has 154 valence electrons. The molecule has 4 heterocycles. The monoisotopic (exact) mass is 406 g/mol. The lowest BCUT2D eigenvalue weighted by atomic mass is 10.1. The van der Waals surface area contributed by atoms with E-state index in [1.807, 2.05) is 30.0 Å². The van der Waals surface area contributed by atoms with Gasteiger partial charge >= 0.3 is 6.18 Å². The van der Waals surface area contributed by atoms with E-state index in [2.05, 4.69) is 25.3 Å². The summed E-state index contributed by atoms with van der Waals surface area (Å²) >= 11 is 0. The Bertz CT molecular complexity index is 992. The zero-order chi connectivity index (χ0) is 20.6. The van der Waals surface area contributed by atoms with E-state index in [1.165, 1.54) is 16.8 Å². The fourth-order valence-electron chi connectivity index (χ4n) is 3.35. The van der Waals surface area contributed by atoms with Crippen molar-refractivity contribution >= 4 is 23.2 Å². The second-order valence-corrected chi connectivity index (χ2v) is 7.15. The number of fused-ring (bicyclic) bond motifs is 1. The number of hydrogen-bond acceptors (Lipinski definition) is 7. The minimum Gasteiger partial charge on any atom is -0.367 e. The van der Waals surface area contributed by atoms with E-state index in [0.29, 0.717) is 24.9 Å². The van der Waals surface area contributed by atoms with Gasteiger partial charge < -0.3 is 19.5 Å². The van der Waals surface area contributed by atoms with Crippen LogP contribution in [0.3, 0.4) is 0 Å². The molecule has 0 amide bonds. The van der Waals surface area contributed by atoms with Crippen molar-refractivity contribution in [2.75, 3.05) is 42.3 Å². The normalized spacial score (nSPS) is 15.7. The van der Waals surface area contributed by atoms with Gasteiger partial charge in [0.1, 0.15) is 5.82 Å². The van der Waals surface area contributed by atoms with Crippen LogP contribution in [-0.4, -0.2) is 57.6 Å². The maximum atomic E-state index is 13.0. The molecule has 0 atom stereocenters. The average Bonchev–Trinajstić information content (AvgIpc) is 3.14. The maximum Gasteiger partial charge on any atom is 0.434 e. The van der Waals surface area contributed by atoms with E-state index in [4.69, 9.17) is 0 Å². The number of hydrogen-bond donors (Lipinski definition) is 1. The molecule has 0 spiro atoms. The second kappa shape index (κ2) is 7.37. The van der Waals surface area contributed by atoms with Crippen molar-refractivity contribution in [3.63, 3.8) is 0 Å². The number of halogens is 3. The molecule has 0 saturated carbocycles. The highest BCUT2D eigenvalue weighted by Crippen LogP contribution is 2.31. The Hall–Kier alpha value is -3.11. The van der Waals surface area contributed by atoms with E-state index in [-0.39, 0.29) is 11.7 Å². The van der Waals surface area contributed by atoms with Crippen LogP contribution < -0.4 is 15.1 Å². The van der Waals surface area contributed by atoms with Gasteiger partial charge in [-0.25, -0.2) is 15.0 Å². The van der Waals surface area contributed by atoms with Crippen LogP contribution in [0.4, 0.5) is 30.8 Å². The highest BCUT2D eigenvalue weighted by Gasteiger charge is 2.34. The molecule has 3 aromatic heterocycles. The summed E-state index contributed by atoms with van der Waals surface area (Å²) in [5.74, 6) is 1.85. The van der Waals surface area contributed by atoms with Crippen LogP contribution in [0.5, 0.6) is 0 Å². The van der Waals surface area contributed by atoms with Crippen LogP contribution in [0.2, 0.25) is 0 Å². The predicted octanol–water partition coefficient (Wildman–Crippen LogP) is 2.69. The highest BCUT2D eigenvalue weighted by atomic mass is 19.4. The van der Waals surface area contributed by atoms with Crippen LogP contribution in [0, 0.1) is 0 Å². The molecule has 11 heteroatoms. The Kier molecular flexibility index (Phi) is 4.89. The number of aromatic nitrogens is 5. The van der Waals surface area contributed by atoms with Gasteiger partial charge in [0, 0.05) is 58.0 Å². The number of nitrogens with zero attached hydrogens (tertiary/aromatic N) is 7. The Morgan fingerprint density at radius 1 is 1.10 bits per heavy atom. The first-order valence-corrected chi connectivity index (χ1v) is 9.24. The van der Waals surface area contributed by atoms with Gasteiger partial charge in [0.05, 0.1) is 0 Å². The van der Waals surface area contributed by atoms with E-state index in [9.17, 15) is 13.2 Å². The molecule has 29 heavy (non-hydrogen) atoms. The molecule has 1 aliphatic heterocycles. The van der Waals surface area contributed by atoms with Crippen LogP contribution >= 0.6 is 0 Å². The van der Waals surface area contributed by atoms with E-state index in [0.717, 1.165) is 24.9 Å². The number of alkyl halides is 3. The first kappa shape index (κ1) is 19.2. The summed E-state index contributed by atoms with van der Waals surface area (Å²) in [5.41, 5.74) is -0.693. The summed E-state index contributed by atoms with van der Waals surface area (Å²) in [7, 11) is 3.76. The summed E-state index contributed by atoms with van der Waals surface area (Å²) in [6.45, 7) is 1.31. The fraction of sp³-hybridized carbons (Fsp3) is 0.444. The molecule has 1 saturated heterocycles. The van der Waals surface area contributed by atoms with Gasteiger partial charge in [-0.2, -0.15) is 18.2 Å². The lowest BCUT2D eigenvalue weighted by Crippen LogP contribution is -2.40. The molecule has 1 fully saturated rings. The maximum absolute atomic E-state index is 13.0. The minimum absolute atomic E-state index is 0.210. The van der Waals surface area contributed by atoms with Gasteiger partial charge in [0.15, 0.2) is 17.2 Å². The molecule has 3 aromatic rings. The molecule has 1 N–H and O–H groups in total. The van der Waals surface area contributed by atoms with E-state index in [1.54, 1.807) is 6.20 Å². The smallest absolute Gasteiger partial charge is 0.367 e. The molecular weight excluding hydrogens is 385 g/mol. The fourth-order valence-corrected chi connectivity index (χ4v) is 3.35. The molecule has 8 nitrogen and oxygen atoms in total. The van der Waals surface area contributed by atoms with E-state index < -0.39 is 11.9 Å². The Morgan fingerprint density at radius 3 is 2.55 bits per heavy atom. The molecule has 0 radical (unpaired) electrons. The molecule has 0 unspecified atom stereocenters. The predicted molar refractivity (Wildman–Crippen MR) is 103 cm³/mol. The standard InChI is InChI=1S/C18H21F3N8/c1-27(2)17-23-6-3-14(26-17)24-12-4-8-28(9-5-12)15-16-25-13(18(19,20)21)11-29(16)10-7-22-15/h3,6-7,10-12H,4-5,8-9H2,1-2H3,(H,23,24,26). The van der Waals surface area contributed by atoms with Crippen molar-refractivity contribution in [3.05, 3.63) is 36.5 Å². The van der Waals surface area contributed by atoms with Crippen LogP contribution in [0.15, 0.2) is 30.9 Å². The van der Waals surface area contributed by atoms with Gasteiger partial charge in [-0.15, -0.1) is 0 Å². The van der Waals surface area contributed by atoms with Gasteiger partial charge in [-0.1, -0.05) is 0 Å². The first-order valence-electron chi connectivity index (χ1n) is 9.24. The SMILES string of the molecule is CN(C)c1nccc(NC2CCN(c3nccn4cc(C(F)(F)F)nc34)CC2)n1. The van der Waals surface area contributed by atoms with Crippen LogP contribution in [0.1, 0.15) is 18.5 Å². The van der Waals surface area contributed by atoms with Gasteiger partial charge in [-0.05, 0) is 18.9 Å². The van der Waals surface area contributed by atoms with Crippen LogP contribution in [-0.2, 0) is 6.18 Å². The third-order valence-electron chi connectivity index (χ3n) is 4.84. The first-order chi connectivity index (χ1) is 13.8. The zero-order valence-corrected chi connectivity index (χ0v) is 16.1. The van der Waals surface area contributed by atoms with Crippen molar-refractivity contribution < 1.29 is 13.2 Å². The number of anilines is 3. The summed E-state index contributed by atoms with van der Waals surface area (Å²) in [5, 5.41) is 3.41. The number of imidazole rings is 1.